The molecule has 122 valence electrons. The van der Waals surface area contributed by atoms with E-state index < -0.39 is 28.3 Å². The number of benzene rings is 1. The van der Waals surface area contributed by atoms with Crippen molar-refractivity contribution in [3.05, 3.63) is 17.7 Å². The SMILES string of the molecule is COc1cc(B2OC(C)(C)C(C)(C)O2)c(C)cc1S(N)(=O)=O. The molecule has 0 aromatic heterocycles. The molecule has 1 aliphatic heterocycles. The van der Waals surface area contributed by atoms with Crippen LogP contribution in [0, 0.1) is 6.92 Å². The normalized spacial score (nSPS) is 20.2. The Morgan fingerprint density at radius 1 is 1.14 bits per heavy atom. The second-order valence-corrected chi connectivity index (χ2v) is 8.02. The van der Waals surface area contributed by atoms with Crippen LogP contribution in [0.1, 0.15) is 33.3 Å². The molecule has 0 aliphatic carbocycles. The first-order valence-corrected chi connectivity index (χ1v) is 8.50. The summed E-state index contributed by atoms with van der Waals surface area (Å²) in [5.41, 5.74) is 0.484. The van der Waals surface area contributed by atoms with Crippen molar-refractivity contribution in [1.82, 2.24) is 0 Å². The summed E-state index contributed by atoms with van der Waals surface area (Å²) in [6.45, 7) is 9.61. The molecule has 22 heavy (non-hydrogen) atoms. The Morgan fingerprint density at radius 3 is 2.05 bits per heavy atom. The van der Waals surface area contributed by atoms with Crippen molar-refractivity contribution < 1.29 is 22.5 Å². The summed E-state index contributed by atoms with van der Waals surface area (Å²) in [5.74, 6) is 0.179. The molecular weight excluding hydrogens is 305 g/mol. The summed E-state index contributed by atoms with van der Waals surface area (Å²) in [5, 5.41) is 5.22. The van der Waals surface area contributed by atoms with Crippen LogP contribution in [0.5, 0.6) is 5.75 Å². The fourth-order valence-electron chi connectivity index (χ4n) is 2.28. The molecular formula is C14H22BNO5S. The minimum Gasteiger partial charge on any atom is -0.495 e. The summed E-state index contributed by atoms with van der Waals surface area (Å²) in [6, 6.07) is 3.09. The molecule has 0 spiro atoms. The highest BCUT2D eigenvalue weighted by Gasteiger charge is 2.52. The Bertz CT molecular complexity index is 683. The van der Waals surface area contributed by atoms with Crippen molar-refractivity contribution in [2.45, 2.75) is 50.7 Å². The van der Waals surface area contributed by atoms with Gasteiger partial charge in [0.15, 0.2) is 0 Å². The number of hydrogen-bond acceptors (Lipinski definition) is 5. The third kappa shape index (κ3) is 2.88. The van der Waals surface area contributed by atoms with Crippen LogP contribution in [0.25, 0.3) is 0 Å². The predicted octanol–water partition coefficient (Wildman–Crippen LogP) is 0.950. The Labute approximate surface area is 132 Å². The van der Waals surface area contributed by atoms with Crippen LogP contribution in [-0.2, 0) is 19.3 Å². The van der Waals surface area contributed by atoms with Crippen molar-refractivity contribution in [3.8, 4) is 5.75 Å². The van der Waals surface area contributed by atoms with Crippen molar-refractivity contribution in [2.75, 3.05) is 7.11 Å². The predicted molar refractivity (Wildman–Crippen MR) is 84.8 cm³/mol. The van der Waals surface area contributed by atoms with Gasteiger partial charge < -0.3 is 14.0 Å². The van der Waals surface area contributed by atoms with E-state index in [9.17, 15) is 8.42 Å². The molecule has 2 rings (SSSR count). The lowest BCUT2D eigenvalue weighted by atomic mass is 9.76. The van der Waals surface area contributed by atoms with Crippen LogP contribution in [0.3, 0.4) is 0 Å². The second kappa shape index (κ2) is 5.23. The van der Waals surface area contributed by atoms with Gasteiger partial charge in [-0.3, -0.25) is 0 Å². The lowest BCUT2D eigenvalue weighted by molar-refractivity contribution is 0.00578. The molecule has 1 aromatic carbocycles. The van der Waals surface area contributed by atoms with E-state index in [0.717, 1.165) is 5.46 Å². The fourth-order valence-corrected chi connectivity index (χ4v) is 3.05. The molecule has 1 aliphatic rings. The van der Waals surface area contributed by atoms with Crippen LogP contribution in [-0.4, -0.2) is 33.8 Å². The Kier molecular flexibility index (Phi) is 4.10. The molecule has 1 heterocycles. The van der Waals surface area contributed by atoms with Gasteiger partial charge >= 0.3 is 7.12 Å². The number of rotatable bonds is 3. The fraction of sp³-hybridized carbons (Fsp3) is 0.571. The number of aryl methyl sites for hydroxylation is 1. The number of nitrogens with two attached hydrogens (primary N) is 1. The van der Waals surface area contributed by atoms with Gasteiger partial charge in [0, 0.05) is 0 Å². The van der Waals surface area contributed by atoms with Crippen molar-refractivity contribution in [3.63, 3.8) is 0 Å². The largest absolute Gasteiger partial charge is 0.495 e. The molecule has 8 heteroatoms. The van der Waals surface area contributed by atoms with E-state index in [1.807, 2.05) is 27.7 Å². The van der Waals surface area contributed by atoms with Gasteiger partial charge in [-0.1, -0.05) is 0 Å². The van der Waals surface area contributed by atoms with E-state index >= 15 is 0 Å². The van der Waals surface area contributed by atoms with Crippen LogP contribution >= 0.6 is 0 Å². The van der Waals surface area contributed by atoms with Crippen LogP contribution in [0.4, 0.5) is 0 Å². The van der Waals surface area contributed by atoms with Gasteiger partial charge in [0.25, 0.3) is 0 Å². The quantitative estimate of drug-likeness (QED) is 0.835. The van der Waals surface area contributed by atoms with Crippen LogP contribution in [0.2, 0.25) is 0 Å². The first kappa shape index (κ1) is 17.3. The van der Waals surface area contributed by atoms with E-state index in [1.165, 1.54) is 13.2 Å². The molecule has 1 aromatic rings. The minimum absolute atomic E-state index is 0.0484. The highest BCUT2D eigenvalue weighted by Crippen LogP contribution is 2.37. The van der Waals surface area contributed by atoms with Gasteiger partial charge in [0.2, 0.25) is 10.0 Å². The van der Waals surface area contributed by atoms with Crippen LogP contribution < -0.4 is 15.3 Å². The average Bonchev–Trinajstić information content (AvgIpc) is 2.56. The molecule has 0 amide bonds. The minimum atomic E-state index is -3.86. The first-order chi connectivity index (χ1) is 9.89. The first-order valence-electron chi connectivity index (χ1n) is 6.96. The maximum absolute atomic E-state index is 11.6. The van der Waals surface area contributed by atoms with E-state index in [-0.39, 0.29) is 10.6 Å². The molecule has 1 fully saturated rings. The zero-order chi connectivity index (χ0) is 16.9. The lowest BCUT2D eigenvalue weighted by Gasteiger charge is -2.32. The molecule has 6 nitrogen and oxygen atoms in total. The average molecular weight is 327 g/mol. The third-order valence-electron chi connectivity index (χ3n) is 4.37. The topological polar surface area (TPSA) is 87.8 Å². The van der Waals surface area contributed by atoms with Gasteiger partial charge in [-0.15, -0.1) is 0 Å². The molecule has 0 unspecified atom stereocenters. The standard InChI is InChI=1S/C14H22BNO5S/c1-9-7-12(22(16,17)18)11(19-6)8-10(9)15-20-13(2,3)14(4,5)21-15/h7-8H,1-6H3,(H2,16,17,18). The Balaban J connectivity index is 2.51. The van der Waals surface area contributed by atoms with Crippen LogP contribution in [0.15, 0.2) is 17.0 Å². The molecule has 0 atom stereocenters. The maximum Gasteiger partial charge on any atom is 0.495 e. The third-order valence-corrected chi connectivity index (χ3v) is 5.30. The highest BCUT2D eigenvalue weighted by molar-refractivity contribution is 7.89. The van der Waals surface area contributed by atoms with Crippen molar-refractivity contribution in [1.29, 1.82) is 0 Å². The van der Waals surface area contributed by atoms with Gasteiger partial charge in [-0.05, 0) is 57.8 Å². The van der Waals surface area contributed by atoms with E-state index in [4.69, 9.17) is 19.2 Å². The van der Waals surface area contributed by atoms with Gasteiger partial charge in [-0.25, -0.2) is 13.6 Å². The van der Waals surface area contributed by atoms with E-state index in [2.05, 4.69) is 0 Å². The molecule has 0 saturated carbocycles. The van der Waals surface area contributed by atoms with Crippen molar-refractivity contribution in [2.24, 2.45) is 5.14 Å². The Morgan fingerprint density at radius 2 is 1.64 bits per heavy atom. The monoisotopic (exact) mass is 327 g/mol. The van der Waals surface area contributed by atoms with Gasteiger partial charge in [0.1, 0.15) is 10.6 Å². The zero-order valence-corrected chi connectivity index (χ0v) is 14.6. The summed E-state index contributed by atoms with van der Waals surface area (Å²) >= 11 is 0. The number of primary sulfonamides is 1. The maximum atomic E-state index is 11.6. The van der Waals surface area contributed by atoms with Gasteiger partial charge in [0.05, 0.1) is 18.3 Å². The van der Waals surface area contributed by atoms with E-state index in [1.54, 1.807) is 13.0 Å². The number of ether oxygens (including phenoxy) is 1. The molecule has 2 N–H and O–H groups in total. The number of sulfonamides is 1. The number of hydrogen-bond donors (Lipinski definition) is 1. The zero-order valence-electron chi connectivity index (χ0n) is 13.8. The number of methoxy groups -OCH3 is 1. The smallest absolute Gasteiger partial charge is 0.495 e. The summed E-state index contributed by atoms with van der Waals surface area (Å²) < 4.78 is 40.4. The highest BCUT2D eigenvalue weighted by atomic mass is 32.2. The summed E-state index contributed by atoms with van der Waals surface area (Å²) in [4.78, 5) is -0.0484. The Hall–Kier alpha value is -1.09. The van der Waals surface area contributed by atoms with Crippen molar-refractivity contribution >= 4 is 22.6 Å². The summed E-state index contributed by atoms with van der Waals surface area (Å²) in [7, 11) is -3.05. The van der Waals surface area contributed by atoms with E-state index in [0.29, 0.717) is 5.56 Å². The second-order valence-electron chi connectivity index (χ2n) is 6.49. The van der Waals surface area contributed by atoms with Gasteiger partial charge in [-0.2, -0.15) is 0 Å². The molecule has 0 radical (unpaired) electrons. The molecule has 0 bridgehead atoms. The lowest BCUT2D eigenvalue weighted by Crippen LogP contribution is -2.41. The summed E-state index contributed by atoms with van der Waals surface area (Å²) in [6.07, 6.45) is 0. The molecule has 1 saturated heterocycles.